The number of aromatic carboxylic acids is 1. The first kappa shape index (κ1) is 12.3. The van der Waals surface area contributed by atoms with E-state index < -0.39 is 5.97 Å². The first-order valence-corrected chi connectivity index (χ1v) is 5.53. The van der Waals surface area contributed by atoms with E-state index in [2.05, 4.69) is 10.3 Å². The van der Waals surface area contributed by atoms with Crippen LogP contribution < -0.4 is 5.73 Å². The Kier molecular flexibility index (Phi) is 3.38. The monoisotopic (exact) mass is 246 g/mol. The molecule has 1 heterocycles. The zero-order valence-electron chi connectivity index (χ0n) is 10.00. The minimum absolute atomic E-state index is 0.0791. The highest BCUT2D eigenvalue weighted by atomic mass is 16.4. The van der Waals surface area contributed by atoms with Gasteiger partial charge in [-0.3, -0.25) is 0 Å². The van der Waals surface area contributed by atoms with Gasteiger partial charge in [-0.1, -0.05) is 35.0 Å². The molecular formula is C12H14N4O2. The van der Waals surface area contributed by atoms with Crippen LogP contribution in [0.4, 0.5) is 0 Å². The molecule has 1 aromatic heterocycles. The van der Waals surface area contributed by atoms with Crippen molar-refractivity contribution in [1.29, 1.82) is 0 Å². The van der Waals surface area contributed by atoms with Crippen LogP contribution in [0.5, 0.6) is 0 Å². The van der Waals surface area contributed by atoms with E-state index in [1.165, 1.54) is 10.2 Å². The average Bonchev–Trinajstić information content (AvgIpc) is 2.75. The quantitative estimate of drug-likeness (QED) is 0.831. The minimum atomic E-state index is -1.11. The molecule has 1 aromatic carbocycles. The third kappa shape index (κ3) is 2.38. The molecule has 2 rings (SSSR count). The number of benzene rings is 1. The van der Waals surface area contributed by atoms with Crippen molar-refractivity contribution < 1.29 is 9.90 Å². The molecule has 0 saturated heterocycles. The first-order chi connectivity index (χ1) is 8.61. The van der Waals surface area contributed by atoms with Crippen LogP contribution in [0.25, 0.3) is 0 Å². The van der Waals surface area contributed by atoms with E-state index in [0.717, 1.165) is 5.56 Å². The molecule has 0 saturated carbocycles. The summed E-state index contributed by atoms with van der Waals surface area (Å²) in [6.07, 6.45) is 0. The van der Waals surface area contributed by atoms with Gasteiger partial charge in [-0.15, -0.1) is 5.10 Å². The number of nitrogens with zero attached hydrogens (tertiary/aromatic N) is 3. The molecule has 0 atom stereocenters. The number of nitrogens with two attached hydrogens (primary N) is 1. The van der Waals surface area contributed by atoms with Gasteiger partial charge in [0.1, 0.15) is 0 Å². The fourth-order valence-electron chi connectivity index (χ4n) is 1.69. The summed E-state index contributed by atoms with van der Waals surface area (Å²) in [6.45, 7) is 2.57. The van der Waals surface area contributed by atoms with Gasteiger partial charge in [-0.05, 0) is 12.5 Å². The van der Waals surface area contributed by atoms with Crippen LogP contribution >= 0.6 is 0 Å². The fraction of sp³-hybridized carbons (Fsp3) is 0.250. The number of aryl methyl sites for hydroxylation is 1. The van der Waals surface area contributed by atoms with Crippen molar-refractivity contribution >= 4 is 5.97 Å². The van der Waals surface area contributed by atoms with Crippen LogP contribution in [0.3, 0.4) is 0 Å². The SMILES string of the molecule is Cc1ccc(Cn2nnc(C(=O)O)c2CN)cc1. The van der Waals surface area contributed by atoms with E-state index in [0.29, 0.717) is 12.2 Å². The number of hydrogen-bond donors (Lipinski definition) is 2. The zero-order valence-corrected chi connectivity index (χ0v) is 10.00. The number of carboxylic acids is 1. The van der Waals surface area contributed by atoms with Gasteiger partial charge in [0.25, 0.3) is 0 Å². The van der Waals surface area contributed by atoms with Gasteiger partial charge in [0, 0.05) is 6.54 Å². The highest BCUT2D eigenvalue weighted by Gasteiger charge is 2.17. The topological polar surface area (TPSA) is 94.0 Å². The molecule has 0 unspecified atom stereocenters. The Morgan fingerprint density at radius 3 is 2.61 bits per heavy atom. The summed E-state index contributed by atoms with van der Waals surface area (Å²) in [4.78, 5) is 10.9. The molecule has 0 amide bonds. The highest BCUT2D eigenvalue weighted by Crippen LogP contribution is 2.09. The molecular weight excluding hydrogens is 232 g/mol. The lowest BCUT2D eigenvalue weighted by Gasteiger charge is -2.05. The maximum absolute atomic E-state index is 10.9. The maximum Gasteiger partial charge on any atom is 0.358 e. The van der Waals surface area contributed by atoms with Crippen molar-refractivity contribution in [1.82, 2.24) is 15.0 Å². The molecule has 0 bridgehead atoms. The Hall–Kier alpha value is -2.21. The molecule has 2 aromatic rings. The normalized spacial score (nSPS) is 10.6. The van der Waals surface area contributed by atoms with Crippen LogP contribution in [0, 0.1) is 6.92 Å². The Labute approximate surface area is 104 Å². The van der Waals surface area contributed by atoms with Gasteiger partial charge in [0.05, 0.1) is 12.2 Å². The van der Waals surface area contributed by atoms with Crippen molar-refractivity contribution in [2.45, 2.75) is 20.0 Å². The number of rotatable bonds is 4. The van der Waals surface area contributed by atoms with Crippen LogP contribution in [0.1, 0.15) is 27.3 Å². The van der Waals surface area contributed by atoms with Crippen molar-refractivity contribution in [2.75, 3.05) is 0 Å². The number of carboxylic acid groups (broad SMARTS) is 1. The molecule has 0 aliphatic heterocycles. The molecule has 0 radical (unpaired) electrons. The molecule has 18 heavy (non-hydrogen) atoms. The Balaban J connectivity index is 2.29. The van der Waals surface area contributed by atoms with Gasteiger partial charge < -0.3 is 10.8 Å². The van der Waals surface area contributed by atoms with Crippen molar-refractivity contribution in [3.63, 3.8) is 0 Å². The van der Waals surface area contributed by atoms with Gasteiger partial charge in [0.2, 0.25) is 0 Å². The Morgan fingerprint density at radius 2 is 2.06 bits per heavy atom. The Morgan fingerprint density at radius 1 is 1.39 bits per heavy atom. The molecule has 94 valence electrons. The van der Waals surface area contributed by atoms with E-state index in [4.69, 9.17) is 10.8 Å². The Bertz CT molecular complexity index is 560. The van der Waals surface area contributed by atoms with Crippen LogP contribution in [0.2, 0.25) is 0 Å². The van der Waals surface area contributed by atoms with Crippen LogP contribution in [-0.2, 0) is 13.1 Å². The second-order valence-corrected chi connectivity index (χ2v) is 4.04. The number of carbonyl (C=O) groups is 1. The maximum atomic E-state index is 10.9. The molecule has 6 nitrogen and oxygen atoms in total. The zero-order chi connectivity index (χ0) is 13.1. The van der Waals surface area contributed by atoms with Crippen molar-refractivity contribution in [3.8, 4) is 0 Å². The van der Waals surface area contributed by atoms with E-state index >= 15 is 0 Å². The smallest absolute Gasteiger partial charge is 0.358 e. The van der Waals surface area contributed by atoms with Crippen LogP contribution in [0.15, 0.2) is 24.3 Å². The first-order valence-electron chi connectivity index (χ1n) is 5.53. The second kappa shape index (κ2) is 4.97. The molecule has 0 aliphatic rings. The number of aromatic nitrogens is 3. The summed E-state index contributed by atoms with van der Waals surface area (Å²) in [6, 6.07) is 7.93. The lowest BCUT2D eigenvalue weighted by Crippen LogP contribution is -2.13. The van der Waals surface area contributed by atoms with E-state index in [9.17, 15) is 4.79 Å². The second-order valence-electron chi connectivity index (χ2n) is 4.04. The summed E-state index contributed by atoms with van der Waals surface area (Å²) < 4.78 is 1.52. The lowest BCUT2D eigenvalue weighted by atomic mass is 10.1. The van der Waals surface area contributed by atoms with Gasteiger partial charge in [-0.25, -0.2) is 9.48 Å². The molecule has 0 fully saturated rings. The predicted molar refractivity (Wildman–Crippen MR) is 65.2 cm³/mol. The van der Waals surface area contributed by atoms with Gasteiger partial charge in [-0.2, -0.15) is 0 Å². The standard InChI is InChI=1S/C12H14N4O2/c1-8-2-4-9(5-3-8)7-16-10(6-13)11(12(17)18)14-15-16/h2-5H,6-7,13H2,1H3,(H,17,18). The summed E-state index contributed by atoms with van der Waals surface area (Å²) in [5.74, 6) is -1.11. The van der Waals surface area contributed by atoms with Gasteiger partial charge >= 0.3 is 5.97 Å². The van der Waals surface area contributed by atoms with E-state index in [-0.39, 0.29) is 12.2 Å². The summed E-state index contributed by atoms with van der Waals surface area (Å²) in [5.41, 5.74) is 8.10. The molecule has 6 heteroatoms. The summed E-state index contributed by atoms with van der Waals surface area (Å²) in [5, 5.41) is 16.4. The molecule has 3 N–H and O–H groups in total. The highest BCUT2D eigenvalue weighted by molar-refractivity contribution is 5.86. The van der Waals surface area contributed by atoms with E-state index in [1.807, 2.05) is 31.2 Å². The average molecular weight is 246 g/mol. The minimum Gasteiger partial charge on any atom is -0.476 e. The summed E-state index contributed by atoms with van der Waals surface area (Å²) >= 11 is 0. The lowest BCUT2D eigenvalue weighted by molar-refractivity contribution is 0.0689. The van der Waals surface area contributed by atoms with Crippen LogP contribution in [-0.4, -0.2) is 26.1 Å². The summed E-state index contributed by atoms with van der Waals surface area (Å²) in [7, 11) is 0. The number of hydrogen-bond acceptors (Lipinski definition) is 4. The van der Waals surface area contributed by atoms with Crippen molar-refractivity contribution in [3.05, 3.63) is 46.8 Å². The third-order valence-electron chi connectivity index (χ3n) is 2.69. The van der Waals surface area contributed by atoms with Crippen molar-refractivity contribution in [2.24, 2.45) is 5.73 Å². The fourth-order valence-corrected chi connectivity index (χ4v) is 1.69. The largest absolute Gasteiger partial charge is 0.476 e. The van der Waals surface area contributed by atoms with Gasteiger partial charge in [0.15, 0.2) is 5.69 Å². The third-order valence-corrected chi connectivity index (χ3v) is 2.69. The predicted octanol–water partition coefficient (Wildman–Crippen LogP) is 0.792. The molecule has 0 spiro atoms. The molecule has 0 aliphatic carbocycles. The van der Waals surface area contributed by atoms with E-state index in [1.54, 1.807) is 0 Å².